The third-order valence-corrected chi connectivity index (χ3v) is 4.26. The molecule has 0 aliphatic heterocycles. The lowest BCUT2D eigenvalue weighted by atomic mass is 9.96. The van der Waals surface area contributed by atoms with Crippen molar-refractivity contribution in [1.82, 2.24) is 5.32 Å². The molecule has 0 amide bonds. The molecule has 1 unspecified atom stereocenters. The molecule has 21 heavy (non-hydrogen) atoms. The summed E-state index contributed by atoms with van der Waals surface area (Å²) in [5.41, 5.74) is 6.15. The van der Waals surface area contributed by atoms with E-state index < -0.39 is 0 Å². The summed E-state index contributed by atoms with van der Waals surface area (Å²) in [7, 11) is 3.75. The van der Waals surface area contributed by atoms with Crippen molar-refractivity contribution in [3.05, 3.63) is 53.1 Å². The van der Waals surface area contributed by atoms with Gasteiger partial charge in [-0.1, -0.05) is 43.3 Å². The molecule has 0 saturated carbocycles. The lowest BCUT2D eigenvalue weighted by Crippen LogP contribution is -2.14. The molecule has 2 aromatic rings. The predicted molar refractivity (Wildman–Crippen MR) is 90.0 cm³/mol. The molecule has 112 valence electrons. The van der Waals surface area contributed by atoms with Crippen LogP contribution in [0.15, 0.2) is 36.4 Å². The SMILES string of the molecule is CCC(NC)c1ccc(-c2ccc(C)c(C)c2OC)cc1. The first-order chi connectivity index (χ1) is 10.1. The number of methoxy groups -OCH3 is 1. The Morgan fingerprint density at radius 3 is 2.24 bits per heavy atom. The molecule has 2 nitrogen and oxygen atoms in total. The first-order valence-electron chi connectivity index (χ1n) is 7.54. The summed E-state index contributed by atoms with van der Waals surface area (Å²) in [5, 5.41) is 3.34. The van der Waals surface area contributed by atoms with Gasteiger partial charge in [0.15, 0.2) is 0 Å². The maximum Gasteiger partial charge on any atom is 0.129 e. The summed E-state index contributed by atoms with van der Waals surface area (Å²) < 4.78 is 5.62. The molecule has 2 heteroatoms. The van der Waals surface area contributed by atoms with Gasteiger partial charge in [0.05, 0.1) is 7.11 Å². The van der Waals surface area contributed by atoms with Crippen LogP contribution in [0.3, 0.4) is 0 Å². The number of hydrogen-bond acceptors (Lipinski definition) is 2. The number of rotatable bonds is 5. The average molecular weight is 283 g/mol. The van der Waals surface area contributed by atoms with Gasteiger partial charge in [-0.2, -0.15) is 0 Å². The van der Waals surface area contributed by atoms with E-state index in [4.69, 9.17) is 4.74 Å². The smallest absolute Gasteiger partial charge is 0.129 e. The lowest BCUT2D eigenvalue weighted by molar-refractivity contribution is 0.413. The molecule has 0 bridgehead atoms. The molecule has 0 aliphatic rings. The van der Waals surface area contributed by atoms with E-state index >= 15 is 0 Å². The van der Waals surface area contributed by atoms with Crippen molar-refractivity contribution >= 4 is 0 Å². The van der Waals surface area contributed by atoms with Crippen LogP contribution in [-0.4, -0.2) is 14.2 Å². The fourth-order valence-electron chi connectivity index (χ4n) is 2.78. The van der Waals surface area contributed by atoms with Gasteiger partial charge in [0, 0.05) is 11.6 Å². The van der Waals surface area contributed by atoms with Crippen molar-refractivity contribution in [3.8, 4) is 16.9 Å². The fourth-order valence-corrected chi connectivity index (χ4v) is 2.78. The van der Waals surface area contributed by atoms with Gasteiger partial charge in [0.25, 0.3) is 0 Å². The largest absolute Gasteiger partial charge is 0.496 e. The quantitative estimate of drug-likeness (QED) is 0.862. The normalized spacial score (nSPS) is 12.2. The van der Waals surface area contributed by atoms with Crippen LogP contribution >= 0.6 is 0 Å². The van der Waals surface area contributed by atoms with Crippen molar-refractivity contribution in [2.24, 2.45) is 0 Å². The molecule has 2 rings (SSSR count). The lowest BCUT2D eigenvalue weighted by Gasteiger charge is -2.16. The fraction of sp³-hybridized carbons (Fsp3) is 0.368. The second-order valence-corrected chi connectivity index (χ2v) is 5.46. The third kappa shape index (κ3) is 3.11. The van der Waals surface area contributed by atoms with Crippen LogP contribution in [0, 0.1) is 13.8 Å². The first kappa shape index (κ1) is 15.6. The van der Waals surface area contributed by atoms with Crippen molar-refractivity contribution in [1.29, 1.82) is 0 Å². The number of ether oxygens (including phenoxy) is 1. The zero-order valence-electron chi connectivity index (χ0n) is 13.7. The van der Waals surface area contributed by atoms with Gasteiger partial charge in [0.1, 0.15) is 5.75 Å². The van der Waals surface area contributed by atoms with Crippen molar-refractivity contribution in [2.75, 3.05) is 14.2 Å². The highest BCUT2D eigenvalue weighted by Crippen LogP contribution is 2.35. The van der Waals surface area contributed by atoms with Gasteiger partial charge in [-0.05, 0) is 49.6 Å². The van der Waals surface area contributed by atoms with Crippen LogP contribution in [0.4, 0.5) is 0 Å². The van der Waals surface area contributed by atoms with Crippen molar-refractivity contribution in [2.45, 2.75) is 33.2 Å². The molecule has 1 atom stereocenters. The molecule has 2 aromatic carbocycles. The van der Waals surface area contributed by atoms with Crippen LogP contribution in [0.1, 0.15) is 36.1 Å². The highest BCUT2D eigenvalue weighted by Gasteiger charge is 2.11. The highest BCUT2D eigenvalue weighted by molar-refractivity contribution is 5.73. The maximum atomic E-state index is 5.62. The zero-order valence-corrected chi connectivity index (χ0v) is 13.7. The Morgan fingerprint density at radius 1 is 1.05 bits per heavy atom. The Kier molecular flexibility index (Phi) is 5.03. The molecule has 0 radical (unpaired) electrons. The highest BCUT2D eigenvalue weighted by atomic mass is 16.5. The average Bonchev–Trinajstić information content (AvgIpc) is 2.52. The van der Waals surface area contributed by atoms with E-state index in [9.17, 15) is 0 Å². The number of benzene rings is 2. The molecule has 0 aromatic heterocycles. The minimum Gasteiger partial charge on any atom is -0.496 e. The summed E-state index contributed by atoms with van der Waals surface area (Å²) >= 11 is 0. The van der Waals surface area contributed by atoms with Crippen LogP contribution < -0.4 is 10.1 Å². The summed E-state index contributed by atoms with van der Waals surface area (Å²) in [6.07, 6.45) is 1.09. The van der Waals surface area contributed by atoms with E-state index in [0.29, 0.717) is 6.04 Å². The van der Waals surface area contributed by atoms with Crippen molar-refractivity contribution in [3.63, 3.8) is 0 Å². The van der Waals surface area contributed by atoms with Gasteiger partial charge in [0.2, 0.25) is 0 Å². The zero-order chi connectivity index (χ0) is 15.4. The molecule has 0 saturated heterocycles. The number of aryl methyl sites for hydroxylation is 1. The minimum atomic E-state index is 0.417. The van der Waals surface area contributed by atoms with Crippen LogP contribution in [0.25, 0.3) is 11.1 Å². The molecule has 0 spiro atoms. The van der Waals surface area contributed by atoms with Gasteiger partial charge in [-0.15, -0.1) is 0 Å². The van der Waals surface area contributed by atoms with Crippen LogP contribution in [0.2, 0.25) is 0 Å². The topological polar surface area (TPSA) is 21.3 Å². The summed E-state index contributed by atoms with van der Waals surface area (Å²) in [6.45, 7) is 6.42. The Morgan fingerprint density at radius 2 is 1.71 bits per heavy atom. The minimum absolute atomic E-state index is 0.417. The number of hydrogen-bond donors (Lipinski definition) is 1. The Balaban J connectivity index is 2.42. The van der Waals surface area contributed by atoms with Crippen LogP contribution in [0.5, 0.6) is 5.75 Å². The second-order valence-electron chi connectivity index (χ2n) is 5.46. The van der Waals surface area contributed by atoms with E-state index in [1.807, 2.05) is 7.05 Å². The molecule has 0 aliphatic carbocycles. The Hall–Kier alpha value is -1.80. The monoisotopic (exact) mass is 283 g/mol. The second kappa shape index (κ2) is 6.77. The molecule has 0 heterocycles. The van der Waals surface area contributed by atoms with Crippen LogP contribution in [-0.2, 0) is 0 Å². The molecular weight excluding hydrogens is 258 g/mol. The van der Waals surface area contributed by atoms with Crippen molar-refractivity contribution < 1.29 is 4.74 Å². The van der Waals surface area contributed by atoms with E-state index in [0.717, 1.165) is 17.7 Å². The Labute approximate surface area is 128 Å². The van der Waals surface area contributed by atoms with E-state index in [1.54, 1.807) is 7.11 Å². The van der Waals surface area contributed by atoms with Gasteiger partial charge in [-0.25, -0.2) is 0 Å². The maximum absolute atomic E-state index is 5.62. The standard InChI is InChI=1S/C19H25NO/c1-6-18(20-4)16-10-8-15(9-11-16)17-12-7-13(2)14(3)19(17)21-5/h7-12,18,20H,6H2,1-5H3. The molecule has 0 fully saturated rings. The van der Waals surface area contributed by atoms with Gasteiger partial charge >= 0.3 is 0 Å². The van der Waals surface area contributed by atoms with E-state index in [1.165, 1.54) is 22.3 Å². The molecule has 1 N–H and O–H groups in total. The van der Waals surface area contributed by atoms with Gasteiger partial charge < -0.3 is 10.1 Å². The Bertz CT molecular complexity index is 598. The third-order valence-electron chi connectivity index (χ3n) is 4.26. The van der Waals surface area contributed by atoms with E-state index in [2.05, 4.69) is 62.5 Å². The summed E-state index contributed by atoms with van der Waals surface area (Å²) in [5.74, 6) is 0.975. The van der Waals surface area contributed by atoms with Gasteiger partial charge in [-0.3, -0.25) is 0 Å². The molecular formula is C19H25NO. The first-order valence-corrected chi connectivity index (χ1v) is 7.54. The summed E-state index contributed by atoms with van der Waals surface area (Å²) in [6, 6.07) is 13.5. The predicted octanol–water partition coefficient (Wildman–Crippen LogP) is 4.65. The van der Waals surface area contributed by atoms with E-state index in [-0.39, 0.29) is 0 Å². The number of nitrogens with one attached hydrogen (secondary N) is 1. The summed E-state index contributed by atoms with van der Waals surface area (Å²) in [4.78, 5) is 0.